The van der Waals surface area contributed by atoms with Crippen LogP contribution in [0, 0.1) is 0 Å². The number of aromatic nitrogens is 1. The van der Waals surface area contributed by atoms with Crippen molar-refractivity contribution < 1.29 is 4.79 Å². The average molecular weight is 486 g/mol. The monoisotopic (exact) mass is 485 g/mol. The summed E-state index contributed by atoms with van der Waals surface area (Å²) in [6, 6.07) is 15.5. The highest BCUT2D eigenvalue weighted by Crippen LogP contribution is 2.41. The molecule has 4 aromatic rings. The van der Waals surface area contributed by atoms with Crippen molar-refractivity contribution in [2.24, 2.45) is 0 Å². The van der Waals surface area contributed by atoms with Gasteiger partial charge in [0.05, 0.1) is 16.9 Å². The molecule has 6 rings (SSSR count). The number of amides is 1. The van der Waals surface area contributed by atoms with E-state index in [-0.39, 0.29) is 11.9 Å². The third-order valence-corrected chi connectivity index (χ3v) is 8.23. The molecule has 2 aliphatic heterocycles. The van der Waals surface area contributed by atoms with Crippen molar-refractivity contribution >= 4 is 49.6 Å². The normalized spacial score (nSPS) is 18.5. The molecule has 6 nitrogen and oxygen atoms in total. The van der Waals surface area contributed by atoms with E-state index in [1.54, 1.807) is 11.3 Å². The quantitative estimate of drug-likeness (QED) is 0.372. The topological polar surface area (TPSA) is 69.3 Å². The summed E-state index contributed by atoms with van der Waals surface area (Å²) >= 11 is 1.55. The van der Waals surface area contributed by atoms with Crippen molar-refractivity contribution in [2.45, 2.75) is 32.7 Å². The number of thiophene rings is 1. The van der Waals surface area contributed by atoms with Crippen LogP contribution in [0.25, 0.3) is 32.2 Å². The minimum Gasteiger partial charge on any atom is -0.381 e. The molecule has 0 spiro atoms. The lowest BCUT2D eigenvalue weighted by Crippen LogP contribution is -2.43. The Balaban J connectivity index is 1.47. The molecule has 2 aromatic heterocycles. The summed E-state index contributed by atoms with van der Waals surface area (Å²) in [4.78, 5) is 21.1. The molecule has 4 heterocycles. The van der Waals surface area contributed by atoms with Crippen LogP contribution in [0.4, 0.5) is 11.4 Å². The number of fused-ring (bicyclic) bond motifs is 5. The van der Waals surface area contributed by atoms with Gasteiger partial charge in [0.1, 0.15) is 4.88 Å². The van der Waals surface area contributed by atoms with Crippen molar-refractivity contribution in [3.05, 3.63) is 52.9 Å². The zero-order chi connectivity index (χ0) is 24.1. The molecule has 1 unspecified atom stereocenters. The number of hydrogen-bond donors (Lipinski definition) is 3. The molecule has 0 bridgehead atoms. The van der Waals surface area contributed by atoms with Crippen molar-refractivity contribution in [1.29, 1.82) is 0 Å². The van der Waals surface area contributed by atoms with Gasteiger partial charge in [-0.2, -0.15) is 0 Å². The van der Waals surface area contributed by atoms with Gasteiger partial charge in [-0.1, -0.05) is 13.8 Å². The number of piperazine rings is 1. The molecular formula is C28H31N5OS. The number of carbonyl (C=O) groups is 1. The van der Waals surface area contributed by atoms with Gasteiger partial charge < -0.3 is 20.9 Å². The lowest BCUT2D eigenvalue weighted by atomic mass is 9.97. The summed E-state index contributed by atoms with van der Waals surface area (Å²) in [5.74, 6) is 0.444. The number of rotatable bonds is 3. The molecule has 0 saturated carbocycles. The summed E-state index contributed by atoms with van der Waals surface area (Å²) in [5, 5.41) is 12.2. The second-order valence-corrected chi connectivity index (χ2v) is 11.0. The maximum absolute atomic E-state index is 12.7. The Labute approximate surface area is 209 Å². The SMILES string of the molecule is CC1CNc2c(sc3ccc4nc(-c5cc(C(C)C)cc(N6CCNCC6)c5)ccc4c23)C(=O)N1. The van der Waals surface area contributed by atoms with E-state index in [0.29, 0.717) is 12.5 Å². The van der Waals surface area contributed by atoms with Crippen LogP contribution in [-0.2, 0) is 0 Å². The van der Waals surface area contributed by atoms with E-state index in [1.807, 2.05) is 6.92 Å². The lowest BCUT2D eigenvalue weighted by Gasteiger charge is -2.30. The van der Waals surface area contributed by atoms with E-state index in [1.165, 1.54) is 11.3 Å². The Morgan fingerprint density at radius 3 is 2.71 bits per heavy atom. The van der Waals surface area contributed by atoms with Crippen molar-refractivity contribution in [3.63, 3.8) is 0 Å². The molecule has 180 valence electrons. The zero-order valence-electron chi connectivity index (χ0n) is 20.4. The molecule has 1 saturated heterocycles. The molecule has 0 radical (unpaired) electrons. The summed E-state index contributed by atoms with van der Waals surface area (Å²) in [7, 11) is 0. The fraction of sp³-hybridized carbons (Fsp3) is 0.357. The van der Waals surface area contributed by atoms with E-state index in [2.05, 4.69) is 77.2 Å². The molecular weight excluding hydrogens is 454 g/mol. The van der Waals surface area contributed by atoms with Gasteiger partial charge in [-0.25, -0.2) is 4.98 Å². The smallest absolute Gasteiger partial charge is 0.263 e. The molecule has 1 amide bonds. The van der Waals surface area contributed by atoms with Gasteiger partial charge >= 0.3 is 0 Å². The first kappa shape index (κ1) is 22.3. The van der Waals surface area contributed by atoms with E-state index >= 15 is 0 Å². The van der Waals surface area contributed by atoms with Crippen LogP contribution in [0.2, 0.25) is 0 Å². The highest BCUT2D eigenvalue weighted by atomic mass is 32.1. The molecule has 7 heteroatoms. The van der Waals surface area contributed by atoms with E-state index in [0.717, 1.165) is 69.0 Å². The molecule has 3 N–H and O–H groups in total. The van der Waals surface area contributed by atoms with E-state index in [9.17, 15) is 4.79 Å². The maximum Gasteiger partial charge on any atom is 0.263 e. The van der Waals surface area contributed by atoms with Crippen LogP contribution in [-0.4, -0.2) is 49.7 Å². The second-order valence-electron chi connectivity index (χ2n) is 9.97. The van der Waals surface area contributed by atoms with Crippen molar-refractivity contribution in [2.75, 3.05) is 42.9 Å². The first-order chi connectivity index (χ1) is 17.0. The Bertz CT molecular complexity index is 1440. The minimum absolute atomic E-state index is 0.00220. The number of carbonyl (C=O) groups excluding carboxylic acids is 1. The second kappa shape index (κ2) is 8.81. The minimum atomic E-state index is 0.00220. The van der Waals surface area contributed by atoms with Crippen LogP contribution in [0.15, 0.2) is 42.5 Å². The highest BCUT2D eigenvalue weighted by molar-refractivity contribution is 7.21. The largest absolute Gasteiger partial charge is 0.381 e. The first-order valence-electron chi connectivity index (χ1n) is 12.5. The molecule has 35 heavy (non-hydrogen) atoms. The number of hydrogen-bond acceptors (Lipinski definition) is 6. The highest BCUT2D eigenvalue weighted by Gasteiger charge is 2.25. The van der Waals surface area contributed by atoms with Crippen LogP contribution < -0.4 is 20.9 Å². The van der Waals surface area contributed by atoms with E-state index in [4.69, 9.17) is 4.98 Å². The number of pyridine rings is 1. The Morgan fingerprint density at radius 2 is 1.91 bits per heavy atom. The van der Waals surface area contributed by atoms with E-state index < -0.39 is 0 Å². The van der Waals surface area contributed by atoms with Crippen molar-refractivity contribution in [3.8, 4) is 11.3 Å². The third-order valence-electron chi connectivity index (χ3n) is 7.08. The number of benzene rings is 2. The summed E-state index contributed by atoms with van der Waals surface area (Å²) in [6.45, 7) is 11.3. The summed E-state index contributed by atoms with van der Waals surface area (Å²) < 4.78 is 1.11. The van der Waals surface area contributed by atoms with Gasteiger partial charge in [-0.05, 0) is 60.9 Å². The fourth-order valence-corrected chi connectivity index (χ4v) is 6.21. The Hall–Kier alpha value is -3.16. The zero-order valence-corrected chi connectivity index (χ0v) is 21.3. The number of anilines is 2. The van der Waals surface area contributed by atoms with Gasteiger partial charge in [0.15, 0.2) is 0 Å². The van der Waals surface area contributed by atoms with Crippen LogP contribution in [0.3, 0.4) is 0 Å². The molecule has 1 fully saturated rings. The predicted molar refractivity (Wildman–Crippen MR) is 147 cm³/mol. The van der Waals surface area contributed by atoms with Gasteiger partial charge in [0.2, 0.25) is 0 Å². The standard InChI is InChI=1S/C28H31N5OS/c1-16(2)18-12-19(14-20(13-18)33-10-8-29-9-11-33)22-5-4-21-23(32-22)6-7-24-25(21)26-27(35-24)28(34)31-17(3)15-30-26/h4-7,12-14,16-17,29-30H,8-11,15H2,1-3H3,(H,31,34). The fourth-order valence-electron chi connectivity index (χ4n) is 5.11. The Kier molecular flexibility index (Phi) is 5.61. The molecule has 2 aromatic carbocycles. The van der Waals surface area contributed by atoms with Crippen molar-refractivity contribution in [1.82, 2.24) is 15.6 Å². The summed E-state index contributed by atoms with van der Waals surface area (Å²) in [6.07, 6.45) is 0. The average Bonchev–Trinajstić information content (AvgIpc) is 3.20. The van der Waals surface area contributed by atoms with Crippen LogP contribution >= 0.6 is 11.3 Å². The maximum atomic E-state index is 12.7. The molecule has 1 atom stereocenters. The van der Waals surface area contributed by atoms with Gasteiger partial charge in [0, 0.05) is 65.5 Å². The number of nitrogens with zero attached hydrogens (tertiary/aromatic N) is 2. The summed E-state index contributed by atoms with van der Waals surface area (Å²) in [5.41, 5.74) is 6.64. The van der Waals surface area contributed by atoms with Crippen LogP contribution in [0.5, 0.6) is 0 Å². The lowest BCUT2D eigenvalue weighted by molar-refractivity contribution is 0.0949. The van der Waals surface area contributed by atoms with Gasteiger partial charge in [-0.3, -0.25) is 4.79 Å². The molecule has 2 aliphatic rings. The third kappa shape index (κ3) is 4.02. The number of nitrogens with one attached hydrogen (secondary N) is 3. The Morgan fingerprint density at radius 1 is 1.09 bits per heavy atom. The van der Waals surface area contributed by atoms with Gasteiger partial charge in [-0.15, -0.1) is 11.3 Å². The predicted octanol–water partition coefficient (Wildman–Crippen LogP) is 5.19. The molecule has 0 aliphatic carbocycles. The van der Waals surface area contributed by atoms with Gasteiger partial charge in [0.25, 0.3) is 5.91 Å². The first-order valence-corrected chi connectivity index (χ1v) is 13.3. The van der Waals surface area contributed by atoms with Crippen LogP contribution in [0.1, 0.15) is 41.9 Å².